The van der Waals surface area contributed by atoms with E-state index in [0.717, 1.165) is 37.8 Å². The molecule has 122 valence electrons. The number of carbonyl (C=O) groups excluding carboxylic acids is 1. The number of benzene rings is 1. The molecule has 5 heteroatoms. The molecule has 0 spiro atoms. The number of halogens is 1. The Labute approximate surface area is 131 Å². The molecule has 22 heavy (non-hydrogen) atoms. The first kappa shape index (κ1) is 16.7. The fourth-order valence-electron chi connectivity index (χ4n) is 3.25. The van der Waals surface area contributed by atoms with Gasteiger partial charge in [-0.2, -0.15) is 0 Å². The molecule has 0 saturated heterocycles. The molecule has 1 aliphatic carbocycles. The van der Waals surface area contributed by atoms with Gasteiger partial charge in [0.2, 0.25) is 0 Å². The maximum atomic E-state index is 13.6. The van der Waals surface area contributed by atoms with Gasteiger partial charge in [-0.1, -0.05) is 13.0 Å². The van der Waals surface area contributed by atoms with Crippen LogP contribution < -0.4 is 5.73 Å². The third-order valence-corrected chi connectivity index (χ3v) is 4.60. The van der Waals surface area contributed by atoms with Gasteiger partial charge in [-0.05, 0) is 49.9 Å². The van der Waals surface area contributed by atoms with Gasteiger partial charge in [-0.3, -0.25) is 9.69 Å². The van der Waals surface area contributed by atoms with Gasteiger partial charge < -0.3 is 10.5 Å². The minimum atomic E-state index is -0.358. The molecule has 0 heterocycles. The summed E-state index contributed by atoms with van der Waals surface area (Å²) in [4.78, 5) is 13.9. The van der Waals surface area contributed by atoms with E-state index >= 15 is 0 Å². The van der Waals surface area contributed by atoms with Crippen molar-refractivity contribution in [3.8, 4) is 0 Å². The Bertz CT molecular complexity index is 513. The third-order valence-electron chi connectivity index (χ3n) is 4.60. The molecular formula is C17H25FN2O2. The highest BCUT2D eigenvalue weighted by atomic mass is 19.1. The number of hydrogen-bond acceptors (Lipinski definition) is 4. The maximum absolute atomic E-state index is 13.6. The van der Waals surface area contributed by atoms with Crippen LogP contribution in [0.15, 0.2) is 18.2 Å². The lowest BCUT2D eigenvalue weighted by atomic mass is 9.85. The van der Waals surface area contributed by atoms with Gasteiger partial charge in [0.05, 0.1) is 18.7 Å². The zero-order valence-corrected chi connectivity index (χ0v) is 13.3. The number of anilines is 1. The molecule has 1 fully saturated rings. The van der Waals surface area contributed by atoms with Crippen molar-refractivity contribution >= 4 is 11.7 Å². The van der Waals surface area contributed by atoms with E-state index < -0.39 is 0 Å². The summed E-state index contributed by atoms with van der Waals surface area (Å²) in [6, 6.07) is 5.44. The Morgan fingerprint density at radius 2 is 2.05 bits per heavy atom. The van der Waals surface area contributed by atoms with Crippen LogP contribution in [0.3, 0.4) is 0 Å². The number of nitrogens with two attached hydrogens (primary N) is 1. The summed E-state index contributed by atoms with van der Waals surface area (Å²) >= 11 is 0. The largest absolute Gasteiger partial charge is 0.469 e. The Morgan fingerprint density at radius 1 is 1.36 bits per heavy atom. The molecule has 1 aromatic rings. The number of rotatable bonds is 5. The molecule has 0 radical (unpaired) electrons. The lowest BCUT2D eigenvalue weighted by molar-refractivity contribution is -0.146. The van der Waals surface area contributed by atoms with Crippen molar-refractivity contribution in [1.82, 2.24) is 4.90 Å². The van der Waals surface area contributed by atoms with Gasteiger partial charge in [0, 0.05) is 12.6 Å². The Hall–Kier alpha value is -1.62. The predicted octanol–water partition coefficient (Wildman–Crippen LogP) is 2.96. The van der Waals surface area contributed by atoms with Gasteiger partial charge in [0.1, 0.15) is 5.82 Å². The standard InChI is InChI=1S/C17H25FN2O2/c1-3-20(11-12-4-9-16(19)15(18)10-12)14-7-5-13(6-8-14)17(21)22-2/h4,9-10,13-14H,3,5-8,11,19H2,1-2H3. The second-order valence-electron chi connectivity index (χ2n) is 5.95. The summed E-state index contributed by atoms with van der Waals surface area (Å²) in [5.74, 6) is -0.418. The van der Waals surface area contributed by atoms with Crippen molar-refractivity contribution in [3.05, 3.63) is 29.6 Å². The fraction of sp³-hybridized carbons (Fsp3) is 0.588. The van der Waals surface area contributed by atoms with E-state index in [2.05, 4.69) is 11.8 Å². The van der Waals surface area contributed by atoms with Gasteiger partial charge in [0.15, 0.2) is 0 Å². The minimum absolute atomic E-state index is 0.0360. The maximum Gasteiger partial charge on any atom is 0.308 e. The lowest BCUT2D eigenvalue weighted by Crippen LogP contribution is -2.38. The number of ether oxygens (including phenoxy) is 1. The monoisotopic (exact) mass is 308 g/mol. The van der Waals surface area contributed by atoms with Gasteiger partial charge in [0.25, 0.3) is 0 Å². The molecule has 1 saturated carbocycles. The molecule has 2 N–H and O–H groups in total. The Balaban J connectivity index is 1.95. The fourth-order valence-corrected chi connectivity index (χ4v) is 3.25. The van der Waals surface area contributed by atoms with E-state index in [0.29, 0.717) is 12.6 Å². The molecule has 1 aromatic carbocycles. The second-order valence-corrected chi connectivity index (χ2v) is 5.95. The average Bonchev–Trinajstić information content (AvgIpc) is 2.55. The van der Waals surface area contributed by atoms with Gasteiger partial charge in [-0.15, -0.1) is 0 Å². The highest BCUT2D eigenvalue weighted by Gasteiger charge is 2.29. The van der Waals surface area contributed by atoms with E-state index in [1.165, 1.54) is 13.2 Å². The molecule has 0 aromatic heterocycles. The van der Waals surface area contributed by atoms with E-state index in [4.69, 9.17) is 10.5 Å². The van der Waals surface area contributed by atoms with Crippen molar-refractivity contribution in [2.75, 3.05) is 19.4 Å². The molecule has 4 nitrogen and oxygen atoms in total. The lowest BCUT2D eigenvalue weighted by Gasteiger charge is -2.35. The molecule has 0 atom stereocenters. The first-order valence-electron chi connectivity index (χ1n) is 7.91. The molecule has 0 unspecified atom stereocenters. The molecule has 0 aliphatic heterocycles. The van der Waals surface area contributed by atoms with Crippen LogP contribution in [0.2, 0.25) is 0 Å². The summed E-state index contributed by atoms with van der Waals surface area (Å²) in [5, 5.41) is 0. The number of carbonyl (C=O) groups is 1. The van der Waals surface area contributed by atoms with Crippen molar-refractivity contribution in [1.29, 1.82) is 0 Å². The van der Waals surface area contributed by atoms with Crippen LogP contribution in [0, 0.1) is 11.7 Å². The second kappa shape index (κ2) is 7.58. The van der Waals surface area contributed by atoms with Crippen LogP contribution in [0.25, 0.3) is 0 Å². The Kier molecular flexibility index (Phi) is 5.77. The van der Waals surface area contributed by atoms with E-state index in [1.54, 1.807) is 6.07 Å². The highest BCUT2D eigenvalue weighted by molar-refractivity contribution is 5.72. The molecular weight excluding hydrogens is 283 g/mol. The van der Waals surface area contributed by atoms with Crippen molar-refractivity contribution < 1.29 is 13.9 Å². The van der Waals surface area contributed by atoms with Crippen LogP contribution in [0.5, 0.6) is 0 Å². The van der Waals surface area contributed by atoms with Crippen molar-refractivity contribution in [3.63, 3.8) is 0 Å². The Morgan fingerprint density at radius 3 is 2.59 bits per heavy atom. The number of nitrogens with zero attached hydrogens (tertiary/aromatic N) is 1. The molecule has 2 rings (SSSR count). The predicted molar refractivity (Wildman–Crippen MR) is 84.7 cm³/mol. The summed E-state index contributed by atoms with van der Waals surface area (Å²) in [5.41, 5.74) is 6.64. The molecule has 0 bridgehead atoms. The summed E-state index contributed by atoms with van der Waals surface area (Å²) < 4.78 is 18.4. The SMILES string of the molecule is CCN(Cc1ccc(N)c(F)c1)C1CCC(C(=O)OC)CC1. The van der Waals surface area contributed by atoms with Crippen LogP contribution in [-0.2, 0) is 16.1 Å². The topological polar surface area (TPSA) is 55.6 Å². The summed E-state index contributed by atoms with van der Waals surface area (Å²) in [6.07, 6.45) is 3.68. The summed E-state index contributed by atoms with van der Waals surface area (Å²) in [7, 11) is 1.45. The van der Waals surface area contributed by atoms with Gasteiger partial charge >= 0.3 is 5.97 Å². The van der Waals surface area contributed by atoms with E-state index in [9.17, 15) is 9.18 Å². The highest BCUT2D eigenvalue weighted by Crippen LogP contribution is 2.29. The number of esters is 1. The minimum Gasteiger partial charge on any atom is -0.469 e. The smallest absolute Gasteiger partial charge is 0.308 e. The van der Waals surface area contributed by atoms with E-state index in [1.807, 2.05) is 6.07 Å². The molecule has 0 amide bonds. The normalized spacial score (nSPS) is 21.8. The van der Waals surface area contributed by atoms with E-state index in [-0.39, 0.29) is 23.4 Å². The van der Waals surface area contributed by atoms with Crippen molar-refractivity contribution in [2.45, 2.75) is 45.2 Å². The molecule has 1 aliphatic rings. The summed E-state index contributed by atoms with van der Waals surface area (Å²) in [6.45, 7) is 3.72. The van der Waals surface area contributed by atoms with Crippen LogP contribution in [-0.4, -0.2) is 30.6 Å². The van der Waals surface area contributed by atoms with Gasteiger partial charge in [-0.25, -0.2) is 4.39 Å². The third kappa shape index (κ3) is 3.97. The first-order valence-corrected chi connectivity index (χ1v) is 7.91. The van der Waals surface area contributed by atoms with Crippen LogP contribution in [0.4, 0.5) is 10.1 Å². The van der Waals surface area contributed by atoms with Crippen molar-refractivity contribution in [2.24, 2.45) is 5.92 Å². The number of methoxy groups -OCH3 is 1. The zero-order valence-electron chi connectivity index (χ0n) is 13.3. The van der Waals surface area contributed by atoms with Crippen LogP contribution >= 0.6 is 0 Å². The average molecular weight is 308 g/mol. The zero-order chi connectivity index (χ0) is 16.1. The number of nitrogen functional groups attached to an aromatic ring is 1. The quantitative estimate of drug-likeness (QED) is 0.671. The van der Waals surface area contributed by atoms with Crippen LogP contribution in [0.1, 0.15) is 38.2 Å². The first-order chi connectivity index (χ1) is 10.5. The number of hydrogen-bond donors (Lipinski definition) is 1.